The Morgan fingerprint density at radius 1 is 1.17 bits per heavy atom. The maximum Gasteiger partial charge on any atom is 0.246 e. The number of para-hydroxylation sites is 2. The number of anilines is 3. The Labute approximate surface area is 135 Å². The molecule has 3 rings (SSSR count). The summed E-state index contributed by atoms with van der Waals surface area (Å²) in [4.78, 5) is 26.0. The van der Waals surface area contributed by atoms with Crippen LogP contribution in [0.4, 0.5) is 17.1 Å². The first kappa shape index (κ1) is 15.1. The monoisotopic (exact) mass is 309 g/mol. The molecule has 0 radical (unpaired) electrons. The van der Waals surface area contributed by atoms with Crippen LogP contribution in [0.25, 0.3) is 0 Å². The van der Waals surface area contributed by atoms with Gasteiger partial charge in [-0.05, 0) is 43.2 Å². The number of carbonyl (C=O) groups is 2. The van der Waals surface area contributed by atoms with E-state index in [0.29, 0.717) is 0 Å². The van der Waals surface area contributed by atoms with Crippen LogP contribution in [0, 0.1) is 13.8 Å². The topological polar surface area (TPSA) is 61.4 Å². The zero-order chi connectivity index (χ0) is 16.4. The van der Waals surface area contributed by atoms with E-state index in [9.17, 15) is 9.59 Å². The van der Waals surface area contributed by atoms with Gasteiger partial charge in [-0.15, -0.1) is 0 Å². The summed E-state index contributed by atoms with van der Waals surface area (Å²) in [6, 6.07) is 13.3. The molecule has 1 heterocycles. The van der Waals surface area contributed by atoms with Crippen molar-refractivity contribution in [1.29, 1.82) is 0 Å². The summed E-state index contributed by atoms with van der Waals surface area (Å²) in [5.41, 5.74) is 4.54. The van der Waals surface area contributed by atoms with E-state index >= 15 is 0 Å². The Morgan fingerprint density at radius 3 is 2.78 bits per heavy atom. The quantitative estimate of drug-likeness (QED) is 0.916. The van der Waals surface area contributed by atoms with Crippen molar-refractivity contribution >= 4 is 28.9 Å². The standard InChI is InChI=1S/C18H19N3O2/c1-12-6-5-8-14(13(12)2)20-17(22)11-21-16-9-4-3-7-15(16)19-10-18(21)23/h3-9,19H,10-11H2,1-2H3,(H,20,22). The first-order valence-electron chi connectivity index (χ1n) is 7.55. The molecular formula is C18H19N3O2. The summed E-state index contributed by atoms with van der Waals surface area (Å²) in [7, 11) is 0. The average Bonchev–Trinajstić information content (AvgIpc) is 2.54. The van der Waals surface area contributed by atoms with Crippen molar-refractivity contribution in [2.75, 3.05) is 28.6 Å². The van der Waals surface area contributed by atoms with Gasteiger partial charge in [-0.1, -0.05) is 24.3 Å². The Hall–Kier alpha value is -2.82. The van der Waals surface area contributed by atoms with Gasteiger partial charge >= 0.3 is 0 Å². The van der Waals surface area contributed by atoms with Crippen LogP contribution >= 0.6 is 0 Å². The van der Waals surface area contributed by atoms with E-state index in [1.165, 1.54) is 4.90 Å². The summed E-state index contributed by atoms with van der Waals surface area (Å²) in [6.45, 7) is 4.18. The highest BCUT2D eigenvalue weighted by Crippen LogP contribution is 2.28. The number of hydrogen-bond donors (Lipinski definition) is 2. The minimum Gasteiger partial charge on any atom is -0.374 e. The Balaban J connectivity index is 1.78. The second-order valence-electron chi connectivity index (χ2n) is 5.65. The van der Waals surface area contributed by atoms with Crippen molar-refractivity contribution in [1.82, 2.24) is 0 Å². The third-order valence-electron chi connectivity index (χ3n) is 4.11. The maximum atomic E-state index is 12.4. The van der Waals surface area contributed by atoms with Crippen LogP contribution in [0.5, 0.6) is 0 Å². The summed E-state index contributed by atoms with van der Waals surface area (Å²) >= 11 is 0. The van der Waals surface area contributed by atoms with Gasteiger partial charge < -0.3 is 10.6 Å². The SMILES string of the molecule is Cc1cccc(NC(=O)CN2C(=O)CNc3ccccc32)c1C. The van der Waals surface area contributed by atoms with Gasteiger partial charge in [-0.3, -0.25) is 14.5 Å². The molecule has 5 heteroatoms. The van der Waals surface area contributed by atoms with Crippen molar-refractivity contribution in [2.24, 2.45) is 0 Å². The van der Waals surface area contributed by atoms with Gasteiger partial charge in [-0.25, -0.2) is 0 Å². The molecule has 2 amide bonds. The van der Waals surface area contributed by atoms with Crippen LogP contribution in [0.2, 0.25) is 0 Å². The van der Waals surface area contributed by atoms with Crippen LogP contribution in [0.1, 0.15) is 11.1 Å². The van der Waals surface area contributed by atoms with Gasteiger partial charge in [-0.2, -0.15) is 0 Å². The molecule has 2 aromatic rings. The minimum atomic E-state index is -0.205. The first-order valence-corrected chi connectivity index (χ1v) is 7.55. The molecule has 23 heavy (non-hydrogen) atoms. The van der Waals surface area contributed by atoms with E-state index in [1.54, 1.807) is 0 Å². The molecular weight excluding hydrogens is 290 g/mol. The molecule has 5 nitrogen and oxygen atoms in total. The van der Waals surface area contributed by atoms with Gasteiger partial charge in [0.1, 0.15) is 6.54 Å². The van der Waals surface area contributed by atoms with E-state index in [4.69, 9.17) is 0 Å². The number of benzene rings is 2. The maximum absolute atomic E-state index is 12.4. The molecule has 0 aliphatic carbocycles. The molecule has 0 spiro atoms. The molecule has 0 fully saturated rings. The highest BCUT2D eigenvalue weighted by molar-refractivity contribution is 6.07. The van der Waals surface area contributed by atoms with E-state index in [2.05, 4.69) is 10.6 Å². The van der Waals surface area contributed by atoms with Crippen molar-refractivity contribution in [2.45, 2.75) is 13.8 Å². The number of rotatable bonds is 3. The average molecular weight is 309 g/mol. The highest BCUT2D eigenvalue weighted by atomic mass is 16.2. The number of amides is 2. The molecule has 0 saturated heterocycles. The molecule has 1 aliphatic rings. The number of nitrogens with one attached hydrogen (secondary N) is 2. The first-order chi connectivity index (χ1) is 11.1. The van der Waals surface area contributed by atoms with Crippen LogP contribution < -0.4 is 15.5 Å². The van der Waals surface area contributed by atoms with Gasteiger partial charge in [0.15, 0.2) is 0 Å². The van der Waals surface area contributed by atoms with E-state index in [1.807, 2.05) is 56.3 Å². The Bertz CT molecular complexity index is 771. The van der Waals surface area contributed by atoms with Crippen molar-refractivity contribution < 1.29 is 9.59 Å². The minimum absolute atomic E-state index is 0.00487. The van der Waals surface area contributed by atoms with Gasteiger partial charge in [0, 0.05) is 5.69 Å². The van der Waals surface area contributed by atoms with Crippen LogP contribution in [0.3, 0.4) is 0 Å². The molecule has 118 valence electrons. The molecule has 0 unspecified atom stereocenters. The van der Waals surface area contributed by atoms with Crippen molar-refractivity contribution in [3.63, 3.8) is 0 Å². The summed E-state index contributed by atoms with van der Waals surface area (Å²) in [5, 5.41) is 5.96. The second-order valence-corrected chi connectivity index (χ2v) is 5.65. The third kappa shape index (κ3) is 3.04. The molecule has 2 aromatic carbocycles. The second kappa shape index (κ2) is 6.12. The van der Waals surface area contributed by atoms with Crippen LogP contribution in [-0.2, 0) is 9.59 Å². The fourth-order valence-electron chi connectivity index (χ4n) is 2.65. The van der Waals surface area contributed by atoms with Crippen molar-refractivity contribution in [3.8, 4) is 0 Å². The fourth-order valence-corrected chi connectivity index (χ4v) is 2.65. The van der Waals surface area contributed by atoms with Gasteiger partial charge in [0.25, 0.3) is 0 Å². The highest BCUT2D eigenvalue weighted by Gasteiger charge is 2.25. The lowest BCUT2D eigenvalue weighted by Gasteiger charge is -2.29. The number of carbonyl (C=O) groups excluding carboxylic acids is 2. The van der Waals surface area contributed by atoms with E-state index in [-0.39, 0.29) is 24.9 Å². The number of aryl methyl sites for hydroxylation is 1. The summed E-state index contributed by atoms with van der Waals surface area (Å²) in [5.74, 6) is -0.316. The Kier molecular flexibility index (Phi) is 4.02. The largest absolute Gasteiger partial charge is 0.374 e. The molecule has 0 atom stereocenters. The lowest BCUT2D eigenvalue weighted by Crippen LogP contribution is -2.44. The molecule has 0 aromatic heterocycles. The lowest BCUT2D eigenvalue weighted by atomic mass is 10.1. The van der Waals surface area contributed by atoms with Crippen LogP contribution in [-0.4, -0.2) is 24.9 Å². The predicted molar refractivity (Wildman–Crippen MR) is 91.8 cm³/mol. The van der Waals surface area contributed by atoms with Gasteiger partial charge in [0.05, 0.1) is 17.9 Å². The number of hydrogen-bond acceptors (Lipinski definition) is 3. The molecule has 0 saturated carbocycles. The summed E-state index contributed by atoms with van der Waals surface area (Å²) < 4.78 is 0. The molecule has 0 bridgehead atoms. The normalized spacial score (nSPS) is 13.3. The molecule has 2 N–H and O–H groups in total. The number of fused-ring (bicyclic) bond motifs is 1. The Morgan fingerprint density at radius 2 is 1.96 bits per heavy atom. The number of nitrogens with zero attached hydrogens (tertiary/aromatic N) is 1. The van der Waals surface area contributed by atoms with E-state index in [0.717, 1.165) is 28.2 Å². The van der Waals surface area contributed by atoms with Crippen LogP contribution in [0.15, 0.2) is 42.5 Å². The van der Waals surface area contributed by atoms with E-state index < -0.39 is 0 Å². The lowest BCUT2D eigenvalue weighted by molar-refractivity contribution is -0.120. The van der Waals surface area contributed by atoms with Gasteiger partial charge in [0.2, 0.25) is 11.8 Å². The zero-order valence-corrected chi connectivity index (χ0v) is 13.2. The third-order valence-corrected chi connectivity index (χ3v) is 4.11. The summed E-state index contributed by atoms with van der Waals surface area (Å²) in [6.07, 6.45) is 0. The fraction of sp³-hybridized carbons (Fsp3) is 0.222. The predicted octanol–water partition coefficient (Wildman–Crippen LogP) is 2.70. The van der Waals surface area contributed by atoms with Crippen molar-refractivity contribution in [3.05, 3.63) is 53.6 Å². The molecule has 1 aliphatic heterocycles. The zero-order valence-electron chi connectivity index (χ0n) is 13.2. The smallest absolute Gasteiger partial charge is 0.246 e.